The average molecular weight is 440 g/mol. The van der Waals surface area contributed by atoms with Crippen LogP contribution in [0.5, 0.6) is 5.75 Å². The zero-order valence-corrected chi connectivity index (χ0v) is 17.0. The Morgan fingerprint density at radius 3 is 2.50 bits per heavy atom. The van der Waals surface area contributed by atoms with Crippen molar-refractivity contribution in [1.82, 2.24) is 9.55 Å². The lowest BCUT2D eigenvalue weighted by Crippen LogP contribution is -2.23. The van der Waals surface area contributed by atoms with E-state index in [0.717, 1.165) is 5.56 Å². The second-order valence-corrected chi connectivity index (χ2v) is 7.37. The van der Waals surface area contributed by atoms with Crippen LogP contribution < -0.4 is 5.32 Å². The molecule has 0 fully saturated rings. The maximum absolute atomic E-state index is 13.0. The fourth-order valence-electron chi connectivity index (χ4n) is 3.18. The molecule has 0 saturated heterocycles. The van der Waals surface area contributed by atoms with E-state index in [1.807, 2.05) is 12.1 Å². The van der Waals surface area contributed by atoms with Crippen molar-refractivity contribution in [3.05, 3.63) is 88.2 Å². The quantitative estimate of drug-likeness (QED) is 0.341. The monoisotopic (exact) mass is 439 g/mol. The van der Waals surface area contributed by atoms with Crippen molar-refractivity contribution in [2.75, 3.05) is 5.32 Å². The minimum Gasteiger partial charge on any atom is -0.508 e. The molecule has 8 heteroatoms. The van der Waals surface area contributed by atoms with E-state index in [4.69, 9.17) is 23.2 Å². The highest BCUT2D eigenvalue weighted by Crippen LogP contribution is 2.33. The molecule has 0 unspecified atom stereocenters. The normalized spacial score (nSPS) is 10.9. The summed E-state index contributed by atoms with van der Waals surface area (Å²) in [6.45, 7) is 0.354. The highest BCUT2D eigenvalue weighted by molar-refractivity contribution is 6.51. The summed E-state index contributed by atoms with van der Waals surface area (Å²) in [7, 11) is 0. The molecule has 0 aliphatic heterocycles. The molecule has 4 aromatic rings. The number of carbonyl (C=O) groups excluding carboxylic acids is 2. The van der Waals surface area contributed by atoms with E-state index in [9.17, 15) is 14.7 Å². The molecule has 0 spiro atoms. The number of amides is 1. The van der Waals surface area contributed by atoms with E-state index in [1.165, 1.54) is 18.3 Å². The third kappa shape index (κ3) is 3.87. The van der Waals surface area contributed by atoms with Crippen LogP contribution in [0.15, 0.2) is 66.9 Å². The number of nitrogens with one attached hydrogen (secondary N) is 1. The van der Waals surface area contributed by atoms with Gasteiger partial charge in [0.2, 0.25) is 0 Å². The van der Waals surface area contributed by atoms with Gasteiger partial charge in [-0.25, -0.2) is 4.98 Å². The lowest BCUT2D eigenvalue weighted by molar-refractivity contribution is -0.112. The number of aromatic hydroxyl groups is 1. The van der Waals surface area contributed by atoms with Gasteiger partial charge in [-0.3, -0.25) is 9.59 Å². The predicted molar refractivity (Wildman–Crippen MR) is 116 cm³/mol. The van der Waals surface area contributed by atoms with Crippen molar-refractivity contribution >= 4 is 51.6 Å². The van der Waals surface area contributed by atoms with Crippen LogP contribution in [0.3, 0.4) is 0 Å². The first kappa shape index (κ1) is 19.9. The third-order valence-electron chi connectivity index (χ3n) is 4.58. The Hall–Kier alpha value is -3.35. The number of hydrogen-bond donors (Lipinski definition) is 2. The van der Waals surface area contributed by atoms with E-state index < -0.39 is 11.7 Å². The van der Waals surface area contributed by atoms with Crippen LogP contribution in [0.4, 0.5) is 5.82 Å². The Kier molecular flexibility index (Phi) is 5.44. The first-order valence-electron chi connectivity index (χ1n) is 8.96. The standard InChI is InChI=1S/C22H15Cl2N3O3/c23-14-6-4-13(5-7-14)12-27-17-9-8-15(28)11-16(17)19(21(27)24)20(29)22(30)26-18-3-1-2-10-25-18/h1-11,28H,12H2,(H,25,26,30). The molecule has 4 rings (SSSR count). The van der Waals surface area contributed by atoms with Gasteiger partial charge in [0.25, 0.3) is 11.7 Å². The van der Waals surface area contributed by atoms with Crippen LogP contribution in [-0.4, -0.2) is 26.3 Å². The molecular weight excluding hydrogens is 425 g/mol. The van der Waals surface area contributed by atoms with Crippen LogP contribution in [0.1, 0.15) is 15.9 Å². The van der Waals surface area contributed by atoms with Crippen molar-refractivity contribution in [1.29, 1.82) is 0 Å². The Bertz CT molecular complexity index is 1250. The second-order valence-electron chi connectivity index (χ2n) is 6.58. The Labute approximate surface area is 181 Å². The molecule has 2 heterocycles. The molecule has 0 aliphatic carbocycles. The van der Waals surface area contributed by atoms with Crippen LogP contribution in [0, 0.1) is 0 Å². The number of fused-ring (bicyclic) bond motifs is 1. The average Bonchev–Trinajstić information content (AvgIpc) is 3.00. The van der Waals surface area contributed by atoms with Crippen LogP contribution in [0.2, 0.25) is 10.2 Å². The summed E-state index contributed by atoms with van der Waals surface area (Å²) in [5, 5.41) is 13.5. The molecule has 0 bridgehead atoms. The lowest BCUT2D eigenvalue weighted by atomic mass is 10.1. The molecule has 0 aliphatic rings. The highest BCUT2D eigenvalue weighted by atomic mass is 35.5. The van der Waals surface area contributed by atoms with E-state index >= 15 is 0 Å². The molecule has 1 amide bonds. The Balaban J connectivity index is 1.76. The van der Waals surface area contributed by atoms with Gasteiger partial charge in [-0.15, -0.1) is 0 Å². The van der Waals surface area contributed by atoms with Gasteiger partial charge in [0, 0.05) is 23.2 Å². The third-order valence-corrected chi connectivity index (χ3v) is 5.22. The number of nitrogens with zero attached hydrogens (tertiary/aromatic N) is 2. The van der Waals surface area contributed by atoms with Crippen LogP contribution in [0.25, 0.3) is 10.9 Å². The SMILES string of the molecule is O=C(Nc1ccccn1)C(=O)c1c(Cl)n(Cc2ccc(Cl)cc2)c2ccc(O)cc12. The smallest absolute Gasteiger partial charge is 0.298 e. The maximum atomic E-state index is 13.0. The Morgan fingerprint density at radius 2 is 1.80 bits per heavy atom. The molecule has 150 valence electrons. The van der Waals surface area contributed by atoms with Gasteiger partial charge in [0.1, 0.15) is 16.7 Å². The summed E-state index contributed by atoms with van der Waals surface area (Å²) in [4.78, 5) is 29.5. The van der Waals surface area contributed by atoms with Gasteiger partial charge in [-0.1, -0.05) is 41.4 Å². The van der Waals surface area contributed by atoms with Gasteiger partial charge in [-0.2, -0.15) is 0 Å². The summed E-state index contributed by atoms with van der Waals surface area (Å²) in [5.74, 6) is -1.48. The molecule has 0 radical (unpaired) electrons. The van der Waals surface area contributed by atoms with E-state index in [-0.39, 0.29) is 22.3 Å². The fourth-order valence-corrected chi connectivity index (χ4v) is 3.64. The number of carbonyl (C=O) groups is 2. The highest BCUT2D eigenvalue weighted by Gasteiger charge is 2.27. The predicted octanol–water partition coefficient (Wildman–Crippen LogP) is 4.92. The van der Waals surface area contributed by atoms with Gasteiger partial charge < -0.3 is 15.0 Å². The van der Waals surface area contributed by atoms with Gasteiger partial charge in [-0.05, 0) is 48.0 Å². The molecule has 0 atom stereocenters. The van der Waals surface area contributed by atoms with Crippen molar-refractivity contribution in [3.63, 3.8) is 0 Å². The number of aromatic nitrogens is 2. The number of phenolic OH excluding ortho intramolecular Hbond substituents is 1. The molecule has 6 nitrogen and oxygen atoms in total. The Morgan fingerprint density at radius 1 is 1.03 bits per heavy atom. The van der Waals surface area contributed by atoms with Gasteiger partial charge in [0.05, 0.1) is 11.1 Å². The second kappa shape index (κ2) is 8.18. The summed E-state index contributed by atoms with van der Waals surface area (Å²) >= 11 is 12.5. The largest absolute Gasteiger partial charge is 0.508 e. The number of rotatable bonds is 5. The van der Waals surface area contributed by atoms with Crippen molar-refractivity contribution in [2.24, 2.45) is 0 Å². The lowest BCUT2D eigenvalue weighted by Gasteiger charge is -2.08. The number of hydrogen-bond acceptors (Lipinski definition) is 4. The first-order valence-corrected chi connectivity index (χ1v) is 9.71. The molecule has 2 aromatic carbocycles. The van der Waals surface area contributed by atoms with Crippen LogP contribution in [-0.2, 0) is 11.3 Å². The zero-order valence-electron chi connectivity index (χ0n) is 15.5. The van der Waals surface area contributed by atoms with Gasteiger partial charge in [0.15, 0.2) is 0 Å². The fraction of sp³-hybridized carbons (Fsp3) is 0.0455. The molecule has 2 aromatic heterocycles. The summed E-state index contributed by atoms with van der Waals surface area (Å²) in [6.07, 6.45) is 1.50. The summed E-state index contributed by atoms with van der Waals surface area (Å²) in [5.41, 5.74) is 1.54. The topological polar surface area (TPSA) is 84.2 Å². The number of halogens is 2. The number of pyridine rings is 1. The van der Waals surface area contributed by atoms with E-state index in [1.54, 1.807) is 41.0 Å². The van der Waals surface area contributed by atoms with Gasteiger partial charge >= 0.3 is 0 Å². The zero-order chi connectivity index (χ0) is 21.3. The molecule has 2 N–H and O–H groups in total. The molecule has 0 saturated carbocycles. The number of benzene rings is 2. The minimum absolute atomic E-state index is 0.0185. The molecular formula is C22H15Cl2N3O3. The summed E-state index contributed by atoms with van der Waals surface area (Å²) in [6, 6.07) is 16.7. The van der Waals surface area contributed by atoms with Crippen LogP contribution >= 0.6 is 23.2 Å². The first-order chi connectivity index (χ1) is 14.4. The van der Waals surface area contributed by atoms with Crippen molar-refractivity contribution < 1.29 is 14.7 Å². The number of ketones is 1. The van der Waals surface area contributed by atoms with Crippen molar-refractivity contribution in [2.45, 2.75) is 6.54 Å². The maximum Gasteiger partial charge on any atom is 0.298 e. The number of phenols is 1. The number of anilines is 1. The summed E-state index contributed by atoms with van der Waals surface area (Å²) < 4.78 is 1.71. The minimum atomic E-state index is -0.871. The molecule has 30 heavy (non-hydrogen) atoms. The van der Waals surface area contributed by atoms with E-state index in [2.05, 4.69) is 10.3 Å². The van der Waals surface area contributed by atoms with E-state index in [0.29, 0.717) is 22.5 Å². The number of Topliss-reactive ketones (excluding diaryl/α,β-unsaturated/α-hetero) is 1. The van der Waals surface area contributed by atoms with Crippen molar-refractivity contribution in [3.8, 4) is 5.75 Å².